The van der Waals surface area contributed by atoms with Crippen LogP contribution in [0.3, 0.4) is 0 Å². The minimum Gasteiger partial charge on any atom is -0.395 e. The second kappa shape index (κ2) is 4.01. The first-order valence-electron chi connectivity index (χ1n) is 3.54. The number of hydrogen-bond donors (Lipinski definition) is 1. The van der Waals surface area contributed by atoms with Gasteiger partial charge >= 0.3 is 0 Å². The van der Waals surface area contributed by atoms with Gasteiger partial charge in [0.1, 0.15) is 5.82 Å². The van der Waals surface area contributed by atoms with Crippen molar-refractivity contribution in [2.24, 2.45) is 0 Å². The third kappa shape index (κ3) is 2.05. The molecular formula is C9H9BrFO. The lowest BCUT2D eigenvalue weighted by molar-refractivity contribution is 0.315. The van der Waals surface area contributed by atoms with Crippen LogP contribution in [-0.4, -0.2) is 11.7 Å². The first-order valence-corrected chi connectivity index (χ1v) is 4.33. The van der Waals surface area contributed by atoms with Gasteiger partial charge in [0, 0.05) is 5.92 Å². The Hall–Kier alpha value is -0.410. The Kier molecular flexibility index (Phi) is 3.23. The van der Waals surface area contributed by atoms with Crippen LogP contribution in [0.4, 0.5) is 4.39 Å². The van der Waals surface area contributed by atoms with Crippen LogP contribution in [0.15, 0.2) is 22.7 Å². The first-order chi connectivity index (χ1) is 5.65. The van der Waals surface area contributed by atoms with Crippen molar-refractivity contribution in [1.82, 2.24) is 0 Å². The fraction of sp³-hybridized carbons (Fsp3) is 0.222. The summed E-state index contributed by atoms with van der Waals surface area (Å²) in [6.45, 7) is 1.73. The van der Waals surface area contributed by atoms with E-state index in [0.717, 1.165) is 11.5 Å². The predicted octanol–water partition coefficient (Wildman–Crippen LogP) is 2.52. The Morgan fingerprint density at radius 3 is 2.75 bits per heavy atom. The number of hydrogen-bond acceptors (Lipinski definition) is 1. The van der Waals surface area contributed by atoms with Crippen molar-refractivity contribution >= 4 is 15.9 Å². The molecule has 12 heavy (non-hydrogen) atoms. The molecule has 0 saturated heterocycles. The largest absolute Gasteiger partial charge is 0.395 e. The number of benzene rings is 1. The highest BCUT2D eigenvalue weighted by atomic mass is 79.9. The van der Waals surface area contributed by atoms with Crippen molar-refractivity contribution < 1.29 is 9.50 Å². The zero-order chi connectivity index (χ0) is 9.14. The standard InChI is InChI=1S/C9H9BrFO/c1-6(5-12)7-2-3-8(10)9(11)4-7/h2-4,12H,5H2,1H3. The summed E-state index contributed by atoms with van der Waals surface area (Å²) < 4.78 is 13.4. The van der Waals surface area contributed by atoms with Crippen molar-refractivity contribution in [3.63, 3.8) is 0 Å². The zero-order valence-electron chi connectivity index (χ0n) is 6.64. The molecule has 0 fully saturated rings. The molecule has 3 heteroatoms. The van der Waals surface area contributed by atoms with Crippen LogP contribution < -0.4 is 0 Å². The summed E-state index contributed by atoms with van der Waals surface area (Å²) in [5.41, 5.74) is 0.734. The molecule has 0 saturated carbocycles. The van der Waals surface area contributed by atoms with E-state index in [1.165, 1.54) is 6.07 Å². The SMILES string of the molecule is C[C](CO)c1ccc(Br)c(F)c1. The molecule has 0 aliphatic carbocycles. The van der Waals surface area contributed by atoms with Gasteiger partial charge in [0.25, 0.3) is 0 Å². The molecule has 0 amide bonds. The third-order valence-corrected chi connectivity index (χ3v) is 2.29. The van der Waals surface area contributed by atoms with E-state index in [1.54, 1.807) is 19.1 Å². The summed E-state index contributed by atoms with van der Waals surface area (Å²) in [6, 6.07) is 4.79. The molecule has 0 bridgehead atoms. The maximum Gasteiger partial charge on any atom is 0.137 e. The fourth-order valence-corrected chi connectivity index (χ4v) is 1.10. The van der Waals surface area contributed by atoms with Gasteiger partial charge in [-0.15, -0.1) is 0 Å². The minimum absolute atomic E-state index is 0.0406. The summed E-state index contributed by atoms with van der Waals surface area (Å²) in [6.07, 6.45) is 0. The van der Waals surface area contributed by atoms with Crippen molar-refractivity contribution in [2.45, 2.75) is 6.92 Å². The molecule has 1 radical (unpaired) electrons. The van der Waals surface area contributed by atoms with E-state index in [9.17, 15) is 4.39 Å². The number of aliphatic hydroxyl groups excluding tert-OH is 1. The van der Waals surface area contributed by atoms with Crippen LogP contribution in [0.2, 0.25) is 0 Å². The zero-order valence-corrected chi connectivity index (χ0v) is 8.23. The second-order valence-corrected chi connectivity index (χ2v) is 3.42. The average molecular weight is 232 g/mol. The van der Waals surface area contributed by atoms with Gasteiger partial charge in [-0.25, -0.2) is 4.39 Å². The highest BCUT2D eigenvalue weighted by Crippen LogP contribution is 2.20. The van der Waals surface area contributed by atoms with Crippen LogP contribution in [-0.2, 0) is 0 Å². The number of aliphatic hydroxyl groups is 1. The van der Waals surface area contributed by atoms with Gasteiger partial charge in [0.05, 0.1) is 11.1 Å². The smallest absolute Gasteiger partial charge is 0.137 e. The Bertz CT molecular complexity index is 275. The maximum absolute atomic E-state index is 12.9. The average Bonchev–Trinajstić information content (AvgIpc) is 2.08. The highest BCUT2D eigenvalue weighted by molar-refractivity contribution is 9.10. The Morgan fingerprint density at radius 1 is 1.58 bits per heavy atom. The predicted molar refractivity (Wildman–Crippen MR) is 49.2 cm³/mol. The van der Waals surface area contributed by atoms with Gasteiger partial charge in [0.2, 0.25) is 0 Å². The molecule has 0 aliphatic rings. The normalized spacial score (nSPS) is 10.8. The van der Waals surface area contributed by atoms with E-state index in [-0.39, 0.29) is 12.4 Å². The van der Waals surface area contributed by atoms with E-state index < -0.39 is 0 Å². The van der Waals surface area contributed by atoms with Crippen LogP contribution in [0.25, 0.3) is 0 Å². The molecule has 0 aromatic heterocycles. The number of rotatable bonds is 2. The van der Waals surface area contributed by atoms with Crippen molar-refractivity contribution in [1.29, 1.82) is 0 Å². The molecule has 65 valence electrons. The highest BCUT2D eigenvalue weighted by Gasteiger charge is 2.06. The number of halogens is 2. The fourth-order valence-electron chi connectivity index (χ4n) is 0.853. The molecule has 0 spiro atoms. The minimum atomic E-state index is -0.305. The molecule has 1 aromatic rings. The Labute approximate surface area is 79.4 Å². The molecule has 0 heterocycles. The molecule has 0 unspecified atom stereocenters. The van der Waals surface area contributed by atoms with Crippen molar-refractivity contribution in [3.8, 4) is 0 Å². The van der Waals surface area contributed by atoms with Crippen molar-refractivity contribution in [2.75, 3.05) is 6.61 Å². The van der Waals surface area contributed by atoms with Crippen LogP contribution in [0.5, 0.6) is 0 Å². The summed E-state index contributed by atoms with van der Waals surface area (Å²) >= 11 is 3.05. The van der Waals surface area contributed by atoms with E-state index in [1.807, 2.05) is 0 Å². The van der Waals surface area contributed by atoms with E-state index in [0.29, 0.717) is 4.47 Å². The lowest BCUT2D eigenvalue weighted by Gasteiger charge is -2.07. The van der Waals surface area contributed by atoms with Crippen LogP contribution in [0.1, 0.15) is 12.5 Å². The second-order valence-electron chi connectivity index (χ2n) is 2.57. The topological polar surface area (TPSA) is 20.2 Å². The molecular weight excluding hydrogens is 223 g/mol. The molecule has 1 N–H and O–H groups in total. The maximum atomic E-state index is 12.9. The quantitative estimate of drug-likeness (QED) is 0.830. The van der Waals surface area contributed by atoms with Gasteiger partial charge < -0.3 is 5.11 Å². The van der Waals surface area contributed by atoms with E-state index in [4.69, 9.17) is 5.11 Å². The lowest BCUT2D eigenvalue weighted by atomic mass is 10.0. The van der Waals surface area contributed by atoms with Gasteiger partial charge in [-0.2, -0.15) is 0 Å². The van der Waals surface area contributed by atoms with Gasteiger partial charge in [-0.3, -0.25) is 0 Å². The van der Waals surface area contributed by atoms with Gasteiger partial charge in [-0.05, 0) is 33.6 Å². The third-order valence-electron chi connectivity index (χ3n) is 1.65. The van der Waals surface area contributed by atoms with Gasteiger partial charge in [-0.1, -0.05) is 13.0 Å². The van der Waals surface area contributed by atoms with Crippen LogP contribution >= 0.6 is 15.9 Å². The van der Waals surface area contributed by atoms with E-state index in [2.05, 4.69) is 15.9 Å². The summed E-state index contributed by atoms with van der Waals surface area (Å²) in [4.78, 5) is 0. The Morgan fingerprint density at radius 2 is 2.25 bits per heavy atom. The molecule has 1 rings (SSSR count). The summed E-state index contributed by atoms with van der Waals surface area (Å²) in [7, 11) is 0. The summed E-state index contributed by atoms with van der Waals surface area (Å²) in [5.74, 6) is 0.460. The van der Waals surface area contributed by atoms with Gasteiger partial charge in [0.15, 0.2) is 0 Å². The molecule has 0 aliphatic heterocycles. The monoisotopic (exact) mass is 231 g/mol. The van der Waals surface area contributed by atoms with Crippen molar-refractivity contribution in [3.05, 3.63) is 40.0 Å². The Balaban J connectivity index is 2.96. The van der Waals surface area contributed by atoms with E-state index >= 15 is 0 Å². The molecule has 0 atom stereocenters. The van der Waals surface area contributed by atoms with Crippen LogP contribution in [0, 0.1) is 11.7 Å². The molecule has 1 nitrogen and oxygen atoms in total. The first kappa shape index (κ1) is 9.68. The molecule has 1 aromatic carbocycles. The lowest BCUT2D eigenvalue weighted by Crippen LogP contribution is -2.00. The summed E-state index contributed by atoms with van der Waals surface area (Å²) in [5, 5.41) is 8.78.